The van der Waals surface area contributed by atoms with Crippen molar-refractivity contribution in [2.75, 3.05) is 13.2 Å². The van der Waals surface area contributed by atoms with E-state index in [4.69, 9.17) is 4.74 Å². The minimum absolute atomic E-state index is 0.00713. The zero-order chi connectivity index (χ0) is 23.3. The quantitative estimate of drug-likeness (QED) is 0.375. The molecule has 0 aliphatic rings. The van der Waals surface area contributed by atoms with E-state index in [1.807, 2.05) is 13.8 Å². The third kappa shape index (κ3) is 5.11. The average molecular weight is 441 g/mol. The van der Waals surface area contributed by atoms with Crippen LogP contribution in [0.15, 0.2) is 36.4 Å². The Morgan fingerprint density at radius 3 is 2.47 bits per heavy atom. The first kappa shape index (κ1) is 22.9. The lowest BCUT2D eigenvalue weighted by atomic mass is 9.98. The van der Waals surface area contributed by atoms with Crippen LogP contribution in [0.25, 0.3) is 17.1 Å². The van der Waals surface area contributed by atoms with Gasteiger partial charge in [-0.05, 0) is 48.2 Å². The summed E-state index contributed by atoms with van der Waals surface area (Å²) >= 11 is 0. The molecule has 0 bridgehead atoms. The molecule has 0 atom stereocenters. The van der Waals surface area contributed by atoms with Crippen molar-refractivity contribution >= 4 is 5.91 Å². The highest BCUT2D eigenvalue weighted by molar-refractivity contribution is 5.75. The van der Waals surface area contributed by atoms with E-state index in [2.05, 4.69) is 15.5 Å². The number of aromatic nitrogens is 3. The largest absolute Gasteiger partial charge is 0.508 e. The Kier molecular flexibility index (Phi) is 7.19. The highest BCUT2D eigenvalue weighted by Gasteiger charge is 2.20. The van der Waals surface area contributed by atoms with Crippen molar-refractivity contribution in [2.24, 2.45) is 0 Å². The van der Waals surface area contributed by atoms with Crippen molar-refractivity contribution in [3.8, 4) is 40.3 Å². The van der Waals surface area contributed by atoms with Crippen LogP contribution in [0.2, 0.25) is 0 Å². The Bertz CT molecular complexity index is 1080. The lowest BCUT2D eigenvalue weighted by Crippen LogP contribution is -2.24. The van der Waals surface area contributed by atoms with Gasteiger partial charge in [-0.2, -0.15) is 0 Å². The smallest absolute Gasteiger partial charge is 0.319 e. The number of amides is 1. The second-order valence-corrected chi connectivity index (χ2v) is 7.64. The van der Waals surface area contributed by atoms with Crippen LogP contribution in [-0.2, 0) is 4.79 Å². The lowest BCUT2D eigenvalue weighted by Gasteiger charge is -2.14. The summed E-state index contributed by atoms with van der Waals surface area (Å²) in [6, 6.07) is 9.55. The maximum absolute atomic E-state index is 11.2. The summed E-state index contributed by atoms with van der Waals surface area (Å²) in [7, 11) is 0. The van der Waals surface area contributed by atoms with E-state index in [1.54, 1.807) is 37.3 Å². The molecule has 4 N–H and O–H groups in total. The molecule has 0 unspecified atom stereocenters. The number of carbonyl (C=O) groups is 1. The van der Waals surface area contributed by atoms with E-state index in [-0.39, 0.29) is 35.2 Å². The van der Waals surface area contributed by atoms with Crippen molar-refractivity contribution < 1.29 is 24.9 Å². The molecule has 9 heteroatoms. The average Bonchev–Trinajstić information content (AvgIpc) is 3.14. The first-order chi connectivity index (χ1) is 15.3. The summed E-state index contributed by atoms with van der Waals surface area (Å²) in [6.07, 6.45) is 1.14. The van der Waals surface area contributed by atoms with E-state index in [9.17, 15) is 20.1 Å². The fourth-order valence-corrected chi connectivity index (χ4v) is 3.23. The molecule has 3 rings (SSSR count). The minimum atomic E-state index is -0.334. The van der Waals surface area contributed by atoms with Gasteiger partial charge >= 0.3 is 6.01 Å². The third-order valence-electron chi connectivity index (χ3n) is 4.98. The fourth-order valence-electron chi connectivity index (χ4n) is 3.23. The second-order valence-electron chi connectivity index (χ2n) is 7.64. The Balaban J connectivity index is 1.79. The summed E-state index contributed by atoms with van der Waals surface area (Å²) in [5, 5.41) is 41.4. The Morgan fingerprint density at radius 2 is 1.81 bits per heavy atom. The lowest BCUT2D eigenvalue weighted by molar-refractivity contribution is -0.120. The van der Waals surface area contributed by atoms with Gasteiger partial charge in [0.1, 0.15) is 17.2 Å². The molecule has 0 aliphatic carbocycles. The number of aromatic hydroxyl groups is 3. The summed E-state index contributed by atoms with van der Waals surface area (Å²) in [4.78, 5) is 11.2. The SMILES string of the molecule is CCC(=O)NCCCOc1ccc(-n2c(O)nnc2-c2cc(C(C)C)c(O)cc2O)cc1. The van der Waals surface area contributed by atoms with Crippen LogP contribution < -0.4 is 10.1 Å². The number of ether oxygens (including phenoxy) is 1. The van der Waals surface area contributed by atoms with Crippen LogP contribution in [0, 0.1) is 0 Å². The van der Waals surface area contributed by atoms with Gasteiger partial charge < -0.3 is 25.4 Å². The second kappa shape index (κ2) is 10.0. The third-order valence-corrected chi connectivity index (χ3v) is 4.98. The van der Waals surface area contributed by atoms with Gasteiger partial charge in [-0.25, -0.2) is 4.57 Å². The molecule has 0 saturated carbocycles. The Hall–Kier alpha value is -3.75. The number of nitrogens with one attached hydrogen (secondary N) is 1. The number of phenolic OH excluding ortho intramolecular Hbond substituents is 2. The van der Waals surface area contributed by atoms with Crippen molar-refractivity contribution in [1.82, 2.24) is 20.1 Å². The number of phenols is 2. The number of nitrogens with zero attached hydrogens (tertiary/aromatic N) is 3. The number of carbonyl (C=O) groups excluding carboxylic acids is 1. The molecule has 1 aromatic heterocycles. The topological polar surface area (TPSA) is 130 Å². The van der Waals surface area contributed by atoms with Gasteiger partial charge in [0.2, 0.25) is 5.91 Å². The number of benzene rings is 2. The van der Waals surface area contributed by atoms with Crippen molar-refractivity contribution in [3.05, 3.63) is 42.0 Å². The number of hydrogen-bond acceptors (Lipinski definition) is 7. The maximum Gasteiger partial charge on any atom is 0.319 e. The molecule has 2 aromatic carbocycles. The van der Waals surface area contributed by atoms with Crippen LogP contribution in [0.4, 0.5) is 0 Å². The molecule has 0 spiro atoms. The molecule has 9 nitrogen and oxygen atoms in total. The first-order valence-electron chi connectivity index (χ1n) is 10.5. The molecule has 1 heterocycles. The van der Waals surface area contributed by atoms with E-state index in [0.29, 0.717) is 48.6 Å². The molecule has 1 amide bonds. The van der Waals surface area contributed by atoms with E-state index >= 15 is 0 Å². The molecule has 0 saturated heterocycles. The van der Waals surface area contributed by atoms with Crippen molar-refractivity contribution in [1.29, 1.82) is 0 Å². The fraction of sp³-hybridized carbons (Fsp3) is 0.348. The van der Waals surface area contributed by atoms with Crippen LogP contribution in [-0.4, -0.2) is 49.1 Å². The van der Waals surface area contributed by atoms with Gasteiger partial charge in [-0.15, -0.1) is 5.10 Å². The van der Waals surface area contributed by atoms with E-state index < -0.39 is 0 Å². The first-order valence-corrected chi connectivity index (χ1v) is 10.5. The zero-order valence-electron chi connectivity index (χ0n) is 18.4. The van der Waals surface area contributed by atoms with Gasteiger partial charge in [0.25, 0.3) is 0 Å². The monoisotopic (exact) mass is 440 g/mol. The molecule has 170 valence electrons. The molecule has 0 fully saturated rings. The van der Waals surface area contributed by atoms with Gasteiger partial charge in [0.15, 0.2) is 5.82 Å². The van der Waals surface area contributed by atoms with Crippen molar-refractivity contribution in [2.45, 2.75) is 39.5 Å². The van der Waals surface area contributed by atoms with E-state index in [0.717, 1.165) is 0 Å². The van der Waals surface area contributed by atoms with Gasteiger partial charge in [-0.3, -0.25) is 4.79 Å². The molecule has 32 heavy (non-hydrogen) atoms. The molecular weight excluding hydrogens is 412 g/mol. The number of rotatable bonds is 9. The predicted octanol–water partition coefficient (Wildman–Crippen LogP) is 3.47. The van der Waals surface area contributed by atoms with Crippen LogP contribution in [0.3, 0.4) is 0 Å². The Labute approximate surface area is 186 Å². The van der Waals surface area contributed by atoms with Gasteiger partial charge in [0.05, 0.1) is 17.9 Å². The summed E-state index contributed by atoms with van der Waals surface area (Å²) in [6.45, 7) is 6.66. The van der Waals surface area contributed by atoms with Crippen LogP contribution >= 0.6 is 0 Å². The molecular formula is C23H28N4O5. The highest BCUT2D eigenvalue weighted by atomic mass is 16.5. The minimum Gasteiger partial charge on any atom is -0.508 e. The summed E-state index contributed by atoms with van der Waals surface area (Å²) in [5.41, 5.74) is 1.56. The molecule has 0 aliphatic heterocycles. The Morgan fingerprint density at radius 1 is 1.09 bits per heavy atom. The normalized spacial score (nSPS) is 11.0. The summed E-state index contributed by atoms with van der Waals surface area (Å²) < 4.78 is 7.09. The maximum atomic E-state index is 11.2. The van der Waals surface area contributed by atoms with Crippen LogP contribution in [0.5, 0.6) is 23.3 Å². The van der Waals surface area contributed by atoms with Gasteiger partial charge in [0, 0.05) is 19.0 Å². The van der Waals surface area contributed by atoms with Crippen LogP contribution in [0.1, 0.15) is 45.1 Å². The van der Waals surface area contributed by atoms with E-state index in [1.165, 1.54) is 10.6 Å². The number of hydrogen-bond donors (Lipinski definition) is 4. The standard InChI is InChI=1S/C23H28N4O5/c1-4-21(30)24-10-5-11-32-16-8-6-15(7-9-16)27-22(25-26-23(27)31)18-12-17(14(2)3)19(28)13-20(18)29/h6-9,12-14,28-29H,4-5,10-11H2,1-3H3,(H,24,30)(H,26,31). The zero-order valence-corrected chi connectivity index (χ0v) is 18.4. The van der Waals surface area contributed by atoms with Gasteiger partial charge in [-0.1, -0.05) is 25.9 Å². The predicted molar refractivity (Wildman–Crippen MR) is 119 cm³/mol. The summed E-state index contributed by atoms with van der Waals surface area (Å²) in [5.74, 6) is 0.731. The van der Waals surface area contributed by atoms with Crippen molar-refractivity contribution in [3.63, 3.8) is 0 Å². The molecule has 0 radical (unpaired) electrons. The highest BCUT2D eigenvalue weighted by Crippen LogP contribution is 2.38. The molecule has 3 aromatic rings.